The van der Waals surface area contributed by atoms with E-state index in [4.69, 9.17) is 9.26 Å². The fourth-order valence-corrected chi connectivity index (χ4v) is 1.66. The first-order valence-electron chi connectivity index (χ1n) is 6.63. The van der Waals surface area contributed by atoms with Gasteiger partial charge in [0.2, 0.25) is 5.76 Å². The Balaban J connectivity index is 2.02. The number of nitrogens with zero attached hydrogens (tertiary/aromatic N) is 1. The van der Waals surface area contributed by atoms with Crippen LogP contribution in [0.4, 0.5) is 18.9 Å². The van der Waals surface area contributed by atoms with Crippen molar-refractivity contribution in [1.29, 1.82) is 0 Å². The van der Waals surface area contributed by atoms with E-state index >= 15 is 0 Å². The molecule has 0 bridgehead atoms. The molecule has 0 radical (unpaired) electrons. The second kappa shape index (κ2) is 7.14. The van der Waals surface area contributed by atoms with Crippen LogP contribution >= 0.6 is 0 Å². The summed E-state index contributed by atoms with van der Waals surface area (Å²) in [5.41, 5.74) is -0.858. The van der Waals surface area contributed by atoms with Gasteiger partial charge in [-0.05, 0) is 30.4 Å². The largest absolute Gasteiger partial charge is 0.474 e. The van der Waals surface area contributed by atoms with Crippen LogP contribution < -0.4 is 15.4 Å². The van der Waals surface area contributed by atoms with E-state index in [1.54, 1.807) is 7.05 Å². The van der Waals surface area contributed by atoms with E-state index in [0.29, 0.717) is 13.2 Å². The number of hydrogen-bond donors (Lipinski definition) is 2. The van der Waals surface area contributed by atoms with E-state index in [-0.39, 0.29) is 17.3 Å². The summed E-state index contributed by atoms with van der Waals surface area (Å²) in [4.78, 5) is 11.9. The molecule has 6 nitrogen and oxygen atoms in total. The minimum absolute atomic E-state index is 0.00104. The van der Waals surface area contributed by atoms with E-state index in [9.17, 15) is 18.0 Å². The number of anilines is 1. The van der Waals surface area contributed by atoms with E-state index in [0.717, 1.165) is 12.1 Å². The van der Waals surface area contributed by atoms with Gasteiger partial charge in [0.25, 0.3) is 11.8 Å². The third kappa shape index (κ3) is 4.71. The Morgan fingerprint density at radius 1 is 1.35 bits per heavy atom. The number of alkyl halides is 3. The Morgan fingerprint density at radius 2 is 2.13 bits per heavy atom. The quantitative estimate of drug-likeness (QED) is 0.797. The highest BCUT2D eigenvalue weighted by atomic mass is 19.4. The Morgan fingerprint density at radius 3 is 2.83 bits per heavy atom. The molecule has 1 aromatic heterocycles. The summed E-state index contributed by atoms with van der Waals surface area (Å²) in [5, 5.41) is 8.72. The van der Waals surface area contributed by atoms with E-state index in [1.165, 1.54) is 18.2 Å². The van der Waals surface area contributed by atoms with Crippen molar-refractivity contribution in [1.82, 2.24) is 10.5 Å². The van der Waals surface area contributed by atoms with Crippen LogP contribution in [-0.4, -0.2) is 31.3 Å². The third-order valence-corrected chi connectivity index (χ3v) is 2.76. The van der Waals surface area contributed by atoms with Crippen LogP contribution in [0.1, 0.15) is 16.1 Å². The normalized spacial score (nSPS) is 11.3. The molecule has 0 aliphatic rings. The van der Waals surface area contributed by atoms with Crippen molar-refractivity contribution in [2.45, 2.75) is 6.18 Å². The first-order chi connectivity index (χ1) is 10.9. The second-order valence-corrected chi connectivity index (χ2v) is 4.51. The number of carbonyl (C=O) groups excluding carboxylic acids is 1. The molecule has 0 saturated heterocycles. The molecule has 2 N–H and O–H groups in total. The van der Waals surface area contributed by atoms with Gasteiger partial charge in [-0.15, -0.1) is 0 Å². The van der Waals surface area contributed by atoms with Crippen molar-refractivity contribution in [3.63, 3.8) is 0 Å². The standard InChI is InChI=1S/C14H14F3N3O3/c1-18-5-6-22-12-8-11(23-20-12)13(21)19-10-4-2-3-9(7-10)14(15,16)17/h2-4,7-8,18H,5-6H2,1H3,(H,19,21). The number of amides is 1. The lowest BCUT2D eigenvalue weighted by Gasteiger charge is -2.08. The molecule has 0 saturated carbocycles. The van der Waals surface area contributed by atoms with E-state index in [2.05, 4.69) is 15.8 Å². The summed E-state index contributed by atoms with van der Waals surface area (Å²) in [5.74, 6) is -0.767. The SMILES string of the molecule is CNCCOc1cc(C(=O)Nc2cccc(C(F)(F)F)c2)on1. The van der Waals surface area contributed by atoms with Gasteiger partial charge in [0.05, 0.1) is 11.6 Å². The molecular weight excluding hydrogens is 315 g/mol. The van der Waals surface area contributed by atoms with Crippen molar-refractivity contribution in [2.24, 2.45) is 0 Å². The fraction of sp³-hybridized carbons (Fsp3) is 0.286. The summed E-state index contributed by atoms with van der Waals surface area (Å²) < 4.78 is 47.8. The number of carbonyl (C=O) groups is 1. The molecule has 0 fully saturated rings. The Hall–Kier alpha value is -2.55. The van der Waals surface area contributed by atoms with Crippen molar-refractivity contribution in [2.75, 3.05) is 25.5 Å². The highest BCUT2D eigenvalue weighted by molar-refractivity contribution is 6.02. The maximum Gasteiger partial charge on any atom is 0.416 e. The molecule has 9 heteroatoms. The average Bonchev–Trinajstić information content (AvgIpc) is 2.96. The Labute approximate surface area is 129 Å². The van der Waals surface area contributed by atoms with Gasteiger partial charge < -0.3 is 19.9 Å². The minimum Gasteiger partial charge on any atom is -0.474 e. The van der Waals surface area contributed by atoms with Crippen molar-refractivity contribution in [3.05, 3.63) is 41.7 Å². The smallest absolute Gasteiger partial charge is 0.416 e. The van der Waals surface area contributed by atoms with Crippen LogP contribution in [-0.2, 0) is 6.18 Å². The molecule has 23 heavy (non-hydrogen) atoms. The van der Waals surface area contributed by atoms with Crippen molar-refractivity contribution < 1.29 is 27.2 Å². The van der Waals surface area contributed by atoms with Gasteiger partial charge >= 0.3 is 6.18 Å². The number of likely N-dealkylation sites (N-methyl/N-ethyl adjacent to an activating group) is 1. The van der Waals surface area contributed by atoms with Crippen LogP contribution in [0, 0.1) is 0 Å². The first-order valence-corrected chi connectivity index (χ1v) is 6.63. The molecule has 2 rings (SSSR count). The monoisotopic (exact) mass is 329 g/mol. The van der Waals surface area contributed by atoms with Crippen LogP contribution in [0.25, 0.3) is 0 Å². The fourth-order valence-electron chi connectivity index (χ4n) is 1.66. The summed E-state index contributed by atoms with van der Waals surface area (Å²) >= 11 is 0. The second-order valence-electron chi connectivity index (χ2n) is 4.51. The third-order valence-electron chi connectivity index (χ3n) is 2.76. The highest BCUT2D eigenvalue weighted by Gasteiger charge is 2.30. The van der Waals surface area contributed by atoms with Gasteiger partial charge in [0.15, 0.2) is 0 Å². The zero-order valence-electron chi connectivity index (χ0n) is 12.1. The van der Waals surface area contributed by atoms with E-state index in [1.807, 2.05) is 0 Å². The molecule has 0 unspecified atom stereocenters. The molecular formula is C14H14F3N3O3. The van der Waals surface area contributed by atoms with Gasteiger partial charge in [-0.25, -0.2) is 0 Å². The molecule has 0 aliphatic heterocycles. The summed E-state index contributed by atoms with van der Waals surface area (Å²) in [6, 6.07) is 5.55. The summed E-state index contributed by atoms with van der Waals surface area (Å²) in [6.45, 7) is 0.913. The zero-order valence-corrected chi connectivity index (χ0v) is 12.1. The van der Waals surface area contributed by atoms with Gasteiger partial charge in [-0.1, -0.05) is 6.07 Å². The van der Waals surface area contributed by atoms with Crippen LogP contribution in [0.15, 0.2) is 34.9 Å². The predicted molar refractivity (Wildman–Crippen MR) is 75.3 cm³/mol. The van der Waals surface area contributed by atoms with Crippen LogP contribution in [0.3, 0.4) is 0 Å². The number of hydrogen-bond acceptors (Lipinski definition) is 5. The molecule has 0 aliphatic carbocycles. The van der Waals surface area contributed by atoms with Crippen molar-refractivity contribution in [3.8, 4) is 5.88 Å². The number of rotatable bonds is 6. The van der Waals surface area contributed by atoms with Crippen molar-refractivity contribution >= 4 is 11.6 Å². The summed E-state index contributed by atoms with van der Waals surface area (Å²) in [6.07, 6.45) is -4.48. The van der Waals surface area contributed by atoms with Gasteiger partial charge in [0, 0.05) is 12.2 Å². The number of nitrogens with one attached hydrogen (secondary N) is 2. The lowest BCUT2D eigenvalue weighted by atomic mass is 10.2. The molecule has 1 heterocycles. The number of benzene rings is 1. The molecule has 2 aromatic rings. The number of halogens is 3. The first kappa shape index (κ1) is 16.8. The van der Waals surface area contributed by atoms with Gasteiger partial charge in [-0.3, -0.25) is 4.79 Å². The lowest BCUT2D eigenvalue weighted by Crippen LogP contribution is -2.16. The maximum atomic E-state index is 12.6. The molecule has 1 aromatic carbocycles. The molecule has 0 atom stereocenters. The van der Waals surface area contributed by atoms with Crippen LogP contribution in [0.2, 0.25) is 0 Å². The molecule has 124 valence electrons. The maximum absolute atomic E-state index is 12.6. The molecule has 1 amide bonds. The van der Waals surface area contributed by atoms with Crippen LogP contribution in [0.5, 0.6) is 5.88 Å². The number of ether oxygens (including phenoxy) is 1. The Bertz CT molecular complexity index is 671. The van der Waals surface area contributed by atoms with Gasteiger partial charge in [0.1, 0.15) is 6.61 Å². The van der Waals surface area contributed by atoms with Gasteiger partial charge in [-0.2, -0.15) is 13.2 Å². The lowest BCUT2D eigenvalue weighted by molar-refractivity contribution is -0.137. The topological polar surface area (TPSA) is 76.4 Å². The van der Waals surface area contributed by atoms with E-state index < -0.39 is 17.6 Å². The minimum atomic E-state index is -4.48. The zero-order chi connectivity index (χ0) is 16.9. The molecule has 0 spiro atoms. The Kier molecular flexibility index (Phi) is 5.22. The highest BCUT2D eigenvalue weighted by Crippen LogP contribution is 2.30. The number of aromatic nitrogens is 1. The predicted octanol–water partition coefficient (Wildman–Crippen LogP) is 2.54. The average molecular weight is 329 g/mol. The summed E-state index contributed by atoms with van der Waals surface area (Å²) in [7, 11) is 1.75.